The van der Waals surface area contributed by atoms with E-state index in [9.17, 15) is 0 Å². The van der Waals surface area contributed by atoms with Crippen LogP contribution in [0.15, 0.2) is 24.3 Å². The third-order valence-electron chi connectivity index (χ3n) is 3.55. The SMILES string of the molecule is ClC1NC[C@@H]2CCNc3ccccc3[C@@H]12. The van der Waals surface area contributed by atoms with Crippen LogP contribution in [-0.4, -0.2) is 18.6 Å². The van der Waals surface area contributed by atoms with Crippen molar-refractivity contribution in [3.05, 3.63) is 29.8 Å². The summed E-state index contributed by atoms with van der Waals surface area (Å²) in [4.78, 5) is 0. The zero-order valence-corrected chi connectivity index (χ0v) is 9.30. The number of hydrogen-bond acceptors (Lipinski definition) is 2. The Balaban J connectivity index is 2.06. The van der Waals surface area contributed by atoms with Gasteiger partial charge in [0.15, 0.2) is 0 Å². The minimum absolute atomic E-state index is 0.0936. The first-order chi connectivity index (χ1) is 7.36. The molecule has 0 amide bonds. The second kappa shape index (κ2) is 3.69. The molecule has 1 fully saturated rings. The second-order valence-corrected chi connectivity index (χ2v) is 4.87. The fourth-order valence-electron chi connectivity index (χ4n) is 2.79. The molecular weight excluding hydrogens is 208 g/mol. The molecule has 1 aromatic carbocycles. The topological polar surface area (TPSA) is 24.1 Å². The summed E-state index contributed by atoms with van der Waals surface area (Å²) in [5.74, 6) is 1.15. The number of nitrogens with one attached hydrogen (secondary N) is 2. The van der Waals surface area contributed by atoms with Crippen molar-refractivity contribution in [2.75, 3.05) is 18.4 Å². The van der Waals surface area contributed by atoms with Gasteiger partial charge in [-0.1, -0.05) is 18.2 Å². The Morgan fingerprint density at radius 1 is 1.27 bits per heavy atom. The summed E-state index contributed by atoms with van der Waals surface area (Å²) in [6.45, 7) is 2.11. The van der Waals surface area contributed by atoms with Crippen LogP contribution in [0.4, 0.5) is 5.69 Å². The fourth-order valence-corrected chi connectivity index (χ4v) is 3.22. The van der Waals surface area contributed by atoms with Gasteiger partial charge in [0.1, 0.15) is 0 Å². The van der Waals surface area contributed by atoms with Crippen molar-refractivity contribution < 1.29 is 0 Å². The normalized spacial score (nSPS) is 33.8. The maximum absolute atomic E-state index is 6.35. The first kappa shape index (κ1) is 9.49. The molecule has 1 aromatic rings. The van der Waals surface area contributed by atoms with Crippen LogP contribution in [0.5, 0.6) is 0 Å². The van der Waals surface area contributed by atoms with Crippen molar-refractivity contribution in [2.45, 2.75) is 17.8 Å². The molecule has 80 valence electrons. The summed E-state index contributed by atoms with van der Waals surface area (Å²) in [7, 11) is 0. The summed E-state index contributed by atoms with van der Waals surface area (Å²) >= 11 is 6.35. The Bertz CT molecular complexity index is 366. The largest absolute Gasteiger partial charge is 0.385 e. The summed E-state index contributed by atoms with van der Waals surface area (Å²) < 4.78 is 0. The lowest BCUT2D eigenvalue weighted by molar-refractivity contribution is 0.496. The van der Waals surface area contributed by atoms with Crippen LogP contribution in [0.2, 0.25) is 0 Å². The molecule has 2 aliphatic heterocycles. The number of rotatable bonds is 0. The lowest BCUT2D eigenvalue weighted by Gasteiger charge is -2.19. The highest BCUT2D eigenvalue weighted by Gasteiger charge is 2.37. The number of fused-ring (bicyclic) bond motifs is 3. The quantitative estimate of drug-likeness (QED) is 0.520. The minimum Gasteiger partial charge on any atom is -0.385 e. The van der Waals surface area contributed by atoms with E-state index in [-0.39, 0.29) is 5.50 Å². The Morgan fingerprint density at radius 3 is 3.07 bits per heavy atom. The minimum atomic E-state index is 0.0936. The van der Waals surface area contributed by atoms with E-state index >= 15 is 0 Å². The standard InChI is InChI=1S/C12H15ClN2/c13-12-11-8(7-15-12)5-6-14-10-4-2-1-3-9(10)11/h1-4,8,11-12,14-15H,5-7H2/t8-,11-,12?/m0/s1. The van der Waals surface area contributed by atoms with Gasteiger partial charge < -0.3 is 10.6 Å². The highest BCUT2D eigenvalue weighted by molar-refractivity contribution is 6.21. The van der Waals surface area contributed by atoms with E-state index in [4.69, 9.17) is 11.6 Å². The van der Waals surface area contributed by atoms with Crippen molar-refractivity contribution >= 4 is 17.3 Å². The van der Waals surface area contributed by atoms with Gasteiger partial charge in [0.25, 0.3) is 0 Å². The molecule has 15 heavy (non-hydrogen) atoms. The third-order valence-corrected chi connectivity index (χ3v) is 3.97. The zero-order valence-electron chi connectivity index (χ0n) is 8.54. The predicted octanol–water partition coefficient (Wildman–Crippen LogP) is 2.37. The first-order valence-corrected chi connectivity index (χ1v) is 6.00. The number of halogens is 1. The molecule has 1 unspecified atom stereocenters. The number of para-hydroxylation sites is 1. The van der Waals surface area contributed by atoms with Gasteiger partial charge in [0.2, 0.25) is 0 Å². The van der Waals surface area contributed by atoms with Gasteiger partial charge in [-0.15, -0.1) is 11.6 Å². The van der Waals surface area contributed by atoms with Crippen LogP contribution in [0, 0.1) is 5.92 Å². The molecule has 3 heteroatoms. The van der Waals surface area contributed by atoms with Crippen LogP contribution in [0.25, 0.3) is 0 Å². The molecule has 2 N–H and O–H groups in total. The van der Waals surface area contributed by atoms with Crippen LogP contribution >= 0.6 is 11.6 Å². The molecule has 0 aromatic heterocycles. The second-order valence-electron chi connectivity index (χ2n) is 4.40. The van der Waals surface area contributed by atoms with Gasteiger partial charge in [0.05, 0.1) is 5.50 Å². The van der Waals surface area contributed by atoms with E-state index < -0.39 is 0 Å². The van der Waals surface area contributed by atoms with Crippen molar-refractivity contribution in [2.24, 2.45) is 5.92 Å². The molecule has 2 heterocycles. The molecular formula is C12H15ClN2. The van der Waals surface area contributed by atoms with Gasteiger partial charge >= 0.3 is 0 Å². The average Bonchev–Trinajstić information content (AvgIpc) is 2.52. The van der Waals surface area contributed by atoms with Crippen LogP contribution in [0.1, 0.15) is 17.9 Å². The van der Waals surface area contributed by atoms with Crippen molar-refractivity contribution in [1.29, 1.82) is 0 Å². The summed E-state index contributed by atoms with van der Waals surface area (Å²) in [5.41, 5.74) is 2.74. The first-order valence-electron chi connectivity index (χ1n) is 5.56. The maximum atomic E-state index is 6.35. The van der Waals surface area contributed by atoms with Gasteiger partial charge in [0, 0.05) is 24.7 Å². The van der Waals surface area contributed by atoms with E-state index in [1.54, 1.807) is 0 Å². The molecule has 2 nitrogen and oxygen atoms in total. The zero-order chi connectivity index (χ0) is 10.3. The third kappa shape index (κ3) is 1.52. The van der Waals surface area contributed by atoms with Gasteiger partial charge in [-0.3, -0.25) is 0 Å². The van der Waals surface area contributed by atoms with Crippen LogP contribution < -0.4 is 10.6 Å². The molecule has 3 atom stereocenters. The number of benzene rings is 1. The van der Waals surface area contributed by atoms with Gasteiger partial charge in [-0.05, 0) is 24.0 Å². The lowest BCUT2D eigenvalue weighted by Crippen LogP contribution is -2.19. The van der Waals surface area contributed by atoms with Gasteiger partial charge in [-0.2, -0.15) is 0 Å². The Morgan fingerprint density at radius 2 is 2.13 bits per heavy atom. The maximum Gasteiger partial charge on any atom is 0.0898 e. The molecule has 0 radical (unpaired) electrons. The smallest absolute Gasteiger partial charge is 0.0898 e. The number of anilines is 1. The Labute approximate surface area is 95.0 Å². The molecule has 0 spiro atoms. The van der Waals surface area contributed by atoms with E-state index in [2.05, 4.69) is 34.9 Å². The molecule has 0 aliphatic carbocycles. The molecule has 2 aliphatic rings. The number of alkyl halides is 1. The van der Waals surface area contributed by atoms with E-state index in [1.807, 2.05) is 0 Å². The molecule has 0 bridgehead atoms. The van der Waals surface area contributed by atoms with Crippen LogP contribution in [0.3, 0.4) is 0 Å². The molecule has 0 saturated carbocycles. The monoisotopic (exact) mass is 222 g/mol. The lowest BCUT2D eigenvalue weighted by atomic mass is 9.87. The van der Waals surface area contributed by atoms with Crippen molar-refractivity contribution in [1.82, 2.24) is 5.32 Å². The van der Waals surface area contributed by atoms with Crippen molar-refractivity contribution in [3.63, 3.8) is 0 Å². The summed E-state index contributed by atoms with van der Waals surface area (Å²) in [6.07, 6.45) is 1.20. The van der Waals surface area contributed by atoms with Crippen LogP contribution in [-0.2, 0) is 0 Å². The Kier molecular flexibility index (Phi) is 2.33. The summed E-state index contributed by atoms with van der Waals surface area (Å²) in [6, 6.07) is 8.54. The van der Waals surface area contributed by atoms with E-state index in [1.165, 1.54) is 17.7 Å². The Hall–Kier alpha value is -0.730. The van der Waals surface area contributed by atoms with Crippen molar-refractivity contribution in [3.8, 4) is 0 Å². The fraction of sp³-hybridized carbons (Fsp3) is 0.500. The highest BCUT2D eigenvalue weighted by atomic mass is 35.5. The van der Waals surface area contributed by atoms with E-state index in [0.29, 0.717) is 11.8 Å². The molecule has 1 saturated heterocycles. The summed E-state index contributed by atoms with van der Waals surface area (Å²) in [5, 5.41) is 6.86. The van der Waals surface area contributed by atoms with Gasteiger partial charge in [-0.25, -0.2) is 0 Å². The average molecular weight is 223 g/mol. The van der Waals surface area contributed by atoms with E-state index in [0.717, 1.165) is 13.1 Å². The number of hydrogen-bond donors (Lipinski definition) is 2. The predicted molar refractivity (Wildman–Crippen MR) is 63.4 cm³/mol. The highest BCUT2D eigenvalue weighted by Crippen LogP contribution is 2.41. The molecule has 3 rings (SSSR count).